The van der Waals surface area contributed by atoms with Crippen LogP contribution in [0.4, 0.5) is 13.2 Å². The molecule has 0 unspecified atom stereocenters. The zero-order chi connectivity index (χ0) is 29.1. The number of ether oxygens (including phenoxy) is 2. The predicted molar refractivity (Wildman–Crippen MR) is 144 cm³/mol. The van der Waals surface area contributed by atoms with E-state index in [4.69, 9.17) is 9.47 Å². The lowest BCUT2D eigenvalue weighted by atomic mass is 10.1. The lowest BCUT2D eigenvalue weighted by molar-refractivity contribution is 0.0696. The quantitative estimate of drug-likeness (QED) is 0.232. The first-order valence-corrected chi connectivity index (χ1v) is 12.6. The zero-order valence-electron chi connectivity index (χ0n) is 22.2. The van der Waals surface area contributed by atoms with E-state index in [1.807, 2.05) is 0 Å². The number of methoxy groups -OCH3 is 1. The van der Waals surface area contributed by atoms with Gasteiger partial charge in [-0.05, 0) is 54.4 Å². The van der Waals surface area contributed by atoms with Gasteiger partial charge in [0.2, 0.25) is 0 Å². The third-order valence-electron chi connectivity index (χ3n) is 6.52. The lowest BCUT2D eigenvalue weighted by Gasteiger charge is -2.11. The van der Waals surface area contributed by atoms with Crippen molar-refractivity contribution in [2.45, 2.75) is 26.5 Å². The average molecular weight is 563 g/mol. The fourth-order valence-electron chi connectivity index (χ4n) is 4.45. The van der Waals surface area contributed by atoms with Gasteiger partial charge >= 0.3 is 12.0 Å². The Balaban J connectivity index is 1.39. The van der Waals surface area contributed by atoms with Gasteiger partial charge in [-0.3, -0.25) is 0 Å². The molecule has 3 aromatic carbocycles. The summed E-state index contributed by atoms with van der Waals surface area (Å²) in [4.78, 5) is 24.2. The summed E-state index contributed by atoms with van der Waals surface area (Å²) < 4.78 is 56.5. The van der Waals surface area contributed by atoms with E-state index in [2.05, 4.69) is 15.0 Å². The summed E-state index contributed by atoms with van der Waals surface area (Å²) in [6.07, 6.45) is 1.58. The summed E-state index contributed by atoms with van der Waals surface area (Å²) in [5.41, 5.74) is 2.30. The Bertz CT molecular complexity index is 1760. The van der Waals surface area contributed by atoms with Crippen molar-refractivity contribution in [3.63, 3.8) is 0 Å². The molecule has 5 rings (SSSR count). The molecule has 8 nitrogen and oxygen atoms in total. The van der Waals surface area contributed by atoms with E-state index < -0.39 is 23.4 Å². The van der Waals surface area contributed by atoms with Crippen LogP contribution in [0.2, 0.25) is 0 Å². The van der Waals surface area contributed by atoms with Crippen molar-refractivity contribution >= 4 is 17.0 Å². The van der Waals surface area contributed by atoms with Crippen LogP contribution in [0.25, 0.3) is 22.3 Å². The Morgan fingerprint density at radius 1 is 0.976 bits per heavy atom. The molecule has 2 heterocycles. The Kier molecular flexibility index (Phi) is 7.97. The van der Waals surface area contributed by atoms with Crippen LogP contribution in [0, 0.1) is 24.4 Å². The third kappa shape index (κ3) is 6.04. The van der Waals surface area contributed by atoms with Gasteiger partial charge in [-0.15, -0.1) is 0 Å². The number of carbonyl (C=O) groups is 1. The lowest BCUT2D eigenvalue weighted by Crippen LogP contribution is -2.09. The van der Waals surface area contributed by atoms with Crippen LogP contribution >= 0.6 is 0 Å². The highest BCUT2D eigenvalue weighted by Gasteiger charge is 2.19. The maximum Gasteiger partial charge on any atom is 0.335 e. The fourth-order valence-corrected chi connectivity index (χ4v) is 4.45. The second kappa shape index (κ2) is 11.8. The van der Waals surface area contributed by atoms with Gasteiger partial charge in [0.1, 0.15) is 29.6 Å². The molecule has 0 saturated carbocycles. The second-order valence-corrected chi connectivity index (χ2v) is 9.40. The first-order valence-electron chi connectivity index (χ1n) is 12.6. The molecular weight excluding hydrogens is 537 g/mol. The molecule has 0 radical (unpaired) electrons. The number of halogens is 3. The van der Waals surface area contributed by atoms with Crippen molar-refractivity contribution in [3.05, 3.63) is 106 Å². The number of benzene rings is 3. The minimum Gasteiger partial charge on any atom is -0.478 e. The first kappa shape index (κ1) is 27.8. The molecule has 0 fully saturated rings. The van der Waals surface area contributed by atoms with E-state index in [1.54, 1.807) is 35.8 Å². The number of aromatic nitrogens is 4. The summed E-state index contributed by atoms with van der Waals surface area (Å²) in [6.45, 7) is 2.27. The van der Waals surface area contributed by atoms with Crippen LogP contribution in [-0.4, -0.2) is 44.3 Å². The number of aromatic carboxylic acids is 1. The SMILES string of the molecule is COCCn1c(Cc2ccc(-c3ccnc(OCc4ccc(C)cc4F)n3)c(F)c2)nc2c(F)cc(C(=O)O)cc21. The number of aryl methyl sites for hydroxylation is 1. The van der Waals surface area contributed by atoms with Crippen LogP contribution in [0.15, 0.2) is 60.8 Å². The molecule has 0 atom stereocenters. The number of nitrogens with zero attached hydrogens (tertiary/aromatic N) is 4. The smallest absolute Gasteiger partial charge is 0.335 e. The molecule has 41 heavy (non-hydrogen) atoms. The van der Waals surface area contributed by atoms with Gasteiger partial charge in [-0.2, -0.15) is 4.98 Å². The Morgan fingerprint density at radius 2 is 1.80 bits per heavy atom. The number of fused-ring (bicyclic) bond motifs is 1. The molecular formula is C30H25F3N4O4. The number of imidazole rings is 1. The summed E-state index contributed by atoms with van der Waals surface area (Å²) in [7, 11) is 1.51. The molecule has 0 saturated heterocycles. The molecule has 11 heteroatoms. The van der Waals surface area contributed by atoms with Crippen LogP contribution in [0.3, 0.4) is 0 Å². The van der Waals surface area contributed by atoms with Crippen molar-refractivity contribution in [2.24, 2.45) is 0 Å². The topological polar surface area (TPSA) is 99.4 Å². The van der Waals surface area contributed by atoms with Gasteiger partial charge in [0.15, 0.2) is 5.82 Å². The standard InChI is InChI=1S/C30H25F3N4O4/c1-17-3-5-19(22(31)11-17)16-41-30-34-8-7-25(35-30)21-6-4-18(12-23(21)32)13-27-36-28-24(33)14-20(29(38)39)15-26(28)37(27)9-10-40-2/h3-8,11-12,14-15H,9-10,13,16H2,1-2H3,(H,38,39). The Morgan fingerprint density at radius 3 is 2.54 bits per heavy atom. The van der Waals surface area contributed by atoms with Gasteiger partial charge in [0.05, 0.1) is 23.4 Å². The van der Waals surface area contributed by atoms with E-state index >= 15 is 4.39 Å². The van der Waals surface area contributed by atoms with Gasteiger partial charge < -0.3 is 19.1 Å². The predicted octanol–water partition coefficient (Wildman–Crippen LogP) is 5.73. The summed E-state index contributed by atoms with van der Waals surface area (Å²) in [5.74, 6) is -2.55. The van der Waals surface area contributed by atoms with Gasteiger partial charge in [0, 0.05) is 37.4 Å². The normalized spacial score (nSPS) is 11.2. The highest BCUT2D eigenvalue weighted by molar-refractivity contribution is 5.92. The maximum absolute atomic E-state index is 15.3. The number of rotatable bonds is 10. The zero-order valence-corrected chi connectivity index (χ0v) is 22.2. The van der Waals surface area contributed by atoms with E-state index in [-0.39, 0.29) is 48.0 Å². The number of hydrogen-bond acceptors (Lipinski definition) is 6. The summed E-state index contributed by atoms with van der Waals surface area (Å²) in [6, 6.07) is 13.2. The Hall–Kier alpha value is -4.77. The summed E-state index contributed by atoms with van der Waals surface area (Å²) in [5, 5.41) is 9.35. The largest absolute Gasteiger partial charge is 0.478 e. The molecule has 2 aromatic heterocycles. The van der Waals surface area contributed by atoms with Crippen molar-refractivity contribution < 1.29 is 32.5 Å². The molecule has 0 bridgehead atoms. The van der Waals surface area contributed by atoms with Crippen LogP contribution < -0.4 is 4.74 Å². The molecule has 0 aliphatic carbocycles. The van der Waals surface area contributed by atoms with Crippen molar-refractivity contribution in [2.75, 3.05) is 13.7 Å². The Labute approximate surface area is 233 Å². The van der Waals surface area contributed by atoms with Crippen molar-refractivity contribution in [3.8, 4) is 17.3 Å². The summed E-state index contributed by atoms with van der Waals surface area (Å²) >= 11 is 0. The third-order valence-corrected chi connectivity index (χ3v) is 6.52. The molecule has 0 aliphatic heterocycles. The van der Waals surface area contributed by atoms with Crippen LogP contribution in [0.5, 0.6) is 6.01 Å². The highest BCUT2D eigenvalue weighted by Crippen LogP contribution is 2.27. The molecule has 5 aromatic rings. The number of carboxylic acid groups (broad SMARTS) is 1. The number of hydrogen-bond donors (Lipinski definition) is 1. The van der Waals surface area contributed by atoms with Gasteiger partial charge in [-0.25, -0.2) is 27.9 Å². The molecule has 210 valence electrons. The monoisotopic (exact) mass is 562 g/mol. The van der Waals surface area contributed by atoms with E-state index in [0.29, 0.717) is 29.0 Å². The minimum atomic E-state index is -1.26. The average Bonchev–Trinajstić information content (AvgIpc) is 3.29. The molecule has 0 aliphatic rings. The number of carboxylic acids is 1. The van der Waals surface area contributed by atoms with Crippen molar-refractivity contribution in [1.29, 1.82) is 0 Å². The van der Waals surface area contributed by atoms with Gasteiger partial charge in [0.25, 0.3) is 0 Å². The molecule has 0 spiro atoms. The molecule has 0 amide bonds. The van der Waals surface area contributed by atoms with Crippen LogP contribution in [0.1, 0.15) is 32.9 Å². The fraction of sp³-hybridized carbons (Fsp3) is 0.200. The van der Waals surface area contributed by atoms with Gasteiger partial charge in [-0.1, -0.05) is 18.2 Å². The van der Waals surface area contributed by atoms with Crippen LogP contribution in [-0.2, 0) is 24.3 Å². The molecule has 1 N–H and O–H groups in total. The van der Waals surface area contributed by atoms with E-state index in [1.165, 1.54) is 37.6 Å². The van der Waals surface area contributed by atoms with E-state index in [0.717, 1.165) is 11.6 Å². The maximum atomic E-state index is 15.3. The minimum absolute atomic E-state index is 0.0252. The second-order valence-electron chi connectivity index (χ2n) is 9.40. The van der Waals surface area contributed by atoms with Crippen molar-refractivity contribution in [1.82, 2.24) is 19.5 Å². The van der Waals surface area contributed by atoms with E-state index in [9.17, 15) is 18.7 Å². The highest BCUT2D eigenvalue weighted by atomic mass is 19.1. The first-order chi connectivity index (χ1) is 19.7.